The van der Waals surface area contributed by atoms with E-state index in [2.05, 4.69) is 10.1 Å². The third-order valence-electron chi connectivity index (χ3n) is 5.13. The first-order valence-corrected chi connectivity index (χ1v) is 11.1. The molecule has 33 heavy (non-hydrogen) atoms. The summed E-state index contributed by atoms with van der Waals surface area (Å²) in [7, 11) is 0. The number of aliphatic carboxylic acids is 1. The number of nitrogen functional groups attached to an aromatic ring is 1. The molecule has 0 amide bonds. The Bertz CT molecular complexity index is 1100. The summed E-state index contributed by atoms with van der Waals surface area (Å²) in [6.45, 7) is 2.73. The van der Waals surface area contributed by atoms with Gasteiger partial charge >= 0.3 is 17.2 Å². The molecule has 3 rings (SSSR count). The molecular weight excluding hydrogens is 454 g/mol. The Hall–Kier alpha value is -3.37. The number of nitrogens with two attached hydrogens (primary N) is 1. The van der Waals surface area contributed by atoms with Crippen LogP contribution >= 0.6 is 11.8 Å². The number of rotatable bonds is 8. The predicted molar refractivity (Wildman–Crippen MR) is 115 cm³/mol. The van der Waals surface area contributed by atoms with Gasteiger partial charge in [-0.25, -0.2) is 14.3 Å². The highest BCUT2D eigenvalue weighted by Crippen LogP contribution is 2.46. The Morgan fingerprint density at radius 2 is 2.18 bits per heavy atom. The molecule has 1 saturated heterocycles. The van der Waals surface area contributed by atoms with E-state index in [1.165, 1.54) is 16.9 Å². The average Bonchev–Trinajstić information content (AvgIpc) is 3.32. The van der Waals surface area contributed by atoms with Gasteiger partial charge in [-0.3, -0.25) is 9.59 Å². The van der Waals surface area contributed by atoms with Gasteiger partial charge in [-0.2, -0.15) is 10.4 Å². The van der Waals surface area contributed by atoms with Crippen molar-refractivity contribution in [1.29, 1.82) is 5.26 Å². The van der Waals surface area contributed by atoms with Gasteiger partial charge in [0.05, 0.1) is 12.1 Å². The maximum absolute atomic E-state index is 12.0. The summed E-state index contributed by atoms with van der Waals surface area (Å²) in [6, 6.07) is 5.13. The number of carbonyl (C=O) groups is 3. The highest BCUT2D eigenvalue weighted by Gasteiger charge is 2.61. The van der Waals surface area contributed by atoms with Gasteiger partial charge < -0.3 is 25.1 Å². The molecule has 3 heterocycles. The summed E-state index contributed by atoms with van der Waals surface area (Å²) in [5, 5.41) is 23.3. The molecule has 12 nitrogen and oxygen atoms in total. The number of hydrogen-bond acceptors (Lipinski definition) is 11. The third kappa shape index (κ3) is 4.86. The van der Waals surface area contributed by atoms with Gasteiger partial charge in [-0.15, -0.1) is 0 Å². The minimum absolute atomic E-state index is 0.145. The molecule has 1 fully saturated rings. The van der Waals surface area contributed by atoms with Crippen LogP contribution in [0.5, 0.6) is 0 Å². The standard InChI is InChI=1S/C20H23N5O7S/c1-3-6-33-19(29)30-8-14-12(7-16(27)28)17(31-11(2)26)20(9-21,32-14)15-5-4-13-18(22)23-10-24-25(13)15/h4-5,10,12,14,17H,3,6-8H2,1-2H3,(H,27,28)(H2,22,23,24)/t12-,14+,17-,20+/m1/s1. The van der Waals surface area contributed by atoms with Crippen LogP contribution in [0.3, 0.4) is 0 Å². The number of carboxylic acids is 1. The lowest BCUT2D eigenvalue weighted by molar-refractivity contribution is -0.157. The van der Waals surface area contributed by atoms with E-state index in [0.717, 1.165) is 25.1 Å². The van der Waals surface area contributed by atoms with Crippen molar-refractivity contribution in [1.82, 2.24) is 14.6 Å². The number of carbonyl (C=O) groups excluding carboxylic acids is 2. The second-order valence-corrected chi connectivity index (χ2v) is 8.40. The molecule has 0 aliphatic carbocycles. The van der Waals surface area contributed by atoms with Crippen LogP contribution < -0.4 is 5.73 Å². The maximum atomic E-state index is 12.0. The van der Waals surface area contributed by atoms with Crippen LogP contribution in [0.15, 0.2) is 18.5 Å². The van der Waals surface area contributed by atoms with Crippen molar-refractivity contribution < 1.29 is 33.7 Å². The summed E-state index contributed by atoms with van der Waals surface area (Å²) in [6.07, 6.45) is -0.907. The summed E-state index contributed by atoms with van der Waals surface area (Å²) >= 11 is 0.975. The summed E-state index contributed by atoms with van der Waals surface area (Å²) < 4.78 is 18.1. The normalized spacial score (nSPS) is 24.3. The smallest absolute Gasteiger partial charge is 0.367 e. The van der Waals surface area contributed by atoms with Crippen LogP contribution in [0.2, 0.25) is 0 Å². The second kappa shape index (κ2) is 10.1. The summed E-state index contributed by atoms with van der Waals surface area (Å²) in [4.78, 5) is 39.5. The molecule has 2 aromatic heterocycles. The lowest BCUT2D eigenvalue weighted by atomic mass is 9.84. The number of aromatic nitrogens is 3. The molecule has 0 bridgehead atoms. The first-order valence-electron chi connectivity index (χ1n) is 10.1. The summed E-state index contributed by atoms with van der Waals surface area (Å²) in [5.41, 5.74) is 4.51. The third-order valence-corrected chi connectivity index (χ3v) is 6.09. The number of nitrogens with zero attached hydrogens (tertiary/aromatic N) is 4. The van der Waals surface area contributed by atoms with Crippen molar-refractivity contribution in [2.75, 3.05) is 18.1 Å². The molecule has 0 spiro atoms. The number of nitriles is 1. The molecule has 0 radical (unpaired) electrons. The van der Waals surface area contributed by atoms with Gasteiger partial charge in [0, 0.05) is 18.6 Å². The van der Waals surface area contributed by atoms with Crippen LogP contribution in [0, 0.1) is 17.2 Å². The number of ether oxygens (including phenoxy) is 3. The first kappa shape index (κ1) is 24.3. The van der Waals surface area contributed by atoms with Gasteiger partial charge in [-0.05, 0) is 30.3 Å². The fourth-order valence-corrected chi connectivity index (χ4v) is 4.32. The molecule has 0 saturated carbocycles. The van der Waals surface area contributed by atoms with Crippen LogP contribution in [0.25, 0.3) is 5.52 Å². The van der Waals surface area contributed by atoms with Crippen LogP contribution in [-0.4, -0.2) is 61.5 Å². The minimum Gasteiger partial charge on any atom is -0.481 e. The first-order chi connectivity index (χ1) is 15.7. The Kier molecular flexibility index (Phi) is 7.39. The molecular formula is C20H23N5O7S. The largest absolute Gasteiger partial charge is 0.481 e. The quantitative estimate of drug-likeness (QED) is 0.527. The Labute approximate surface area is 193 Å². The second-order valence-electron chi connectivity index (χ2n) is 7.37. The van der Waals surface area contributed by atoms with Crippen molar-refractivity contribution in [3.63, 3.8) is 0 Å². The lowest BCUT2D eigenvalue weighted by Crippen LogP contribution is -2.42. The zero-order valence-electron chi connectivity index (χ0n) is 18.0. The molecule has 1 aliphatic rings. The molecule has 1 aliphatic heterocycles. The predicted octanol–water partition coefficient (Wildman–Crippen LogP) is 1.73. The van der Waals surface area contributed by atoms with E-state index in [9.17, 15) is 24.8 Å². The van der Waals surface area contributed by atoms with Crippen molar-refractivity contribution >= 4 is 40.3 Å². The van der Waals surface area contributed by atoms with Crippen LogP contribution in [0.1, 0.15) is 32.4 Å². The number of hydrogen-bond donors (Lipinski definition) is 2. The minimum atomic E-state index is -1.94. The molecule has 0 unspecified atom stereocenters. The monoisotopic (exact) mass is 477 g/mol. The maximum Gasteiger partial charge on any atom is 0.367 e. The summed E-state index contributed by atoms with van der Waals surface area (Å²) in [5.74, 6) is -2.22. The highest BCUT2D eigenvalue weighted by atomic mass is 32.2. The molecule has 3 N–H and O–H groups in total. The fraction of sp³-hybridized carbons (Fsp3) is 0.500. The number of carboxylic acid groups (broad SMARTS) is 1. The van der Waals surface area contributed by atoms with Crippen molar-refractivity contribution in [2.45, 2.75) is 44.5 Å². The Morgan fingerprint density at radius 1 is 1.42 bits per heavy atom. The zero-order valence-corrected chi connectivity index (χ0v) is 18.8. The molecule has 4 atom stereocenters. The lowest BCUT2D eigenvalue weighted by Gasteiger charge is -2.28. The van der Waals surface area contributed by atoms with E-state index in [0.29, 0.717) is 11.3 Å². The van der Waals surface area contributed by atoms with E-state index in [1.807, 2.05) is 13.0 Å². The zero-order chi connectivity index (χ0) is 24.2. The van der Waals surface area contributed by atoms with Crippen LogP contribution in [0.4, 0.5) is 10.6 Å². The van der Waals surface area contributed by atoms with E-state index >= 15 is 0 Å². The van der Waals surface area contributed by atoms with Gasteiger partial charge in [0.1, 0.15) is 30.6 Å². The van der Waals surface area contributed by atoms with E-state index in [-0.39, 0.29) is 18.1 Å². The van der Waals surface area contributed by atoms with Crippen LogP contribution in [-0.2, 0) is 29.4 Å². The molecule has 2 aromatic rings. The van der Waals surface area contributed by atoms with Crippen molar-refractivity contribution in [2.24, 2.45) is 5.92 Å². The molecule has 176 valence electrons. The van der Waals surface area contributed by atoms with E-state index < -0.39 is 47.4 Å². The van der Waals surface area contributed by atoms with Gasteiger partial charge in [0.25, 0.3) is 0 Å². The molecule has 0 aromatic carbocycles. The number of anilines is 1. The highest BCUT2D eigenvalue weighted by molar-refractivity contribution is 8.13. The Balaban J connectivity index is 2.05. The Morgan fingerprint density at radius 3 is 2.82 bits per heavy atom. The van der Waals surface area contributed by atoms with E-state index in [1.54, 1.807) is 6.07 Å². The SMILES string of the molecule is CCCSC(=O)OC[C@@H]1O[C@@](C#N)(c2ccc3c(N)ncnn23)[C@H](OC(C)=O)[C@@H]1CC(=O)O. The number of thioether (sulfide) groups is 1. The molecule has 13 heteroatoms. The van der Waals surface area contributed by atoms with Gasteiger partial charge in [0.2, 0.25) is 5.60 Å². The van der Waals surface area contributed by atoms with Gasteiger partial charge in [-0.1, -0.05) is 6.92 Å². The van der Waals surface area contributed by atoms with E-state index in [4.69, 9.17) is 19.9 Å². The van der Waals surface area contributed by atoms with Crippen molar-refractivity contribution in [3.05, 3.63) is 24.2 Å². The van der Waals surface area contributed by atoms with Crippen molar-refractivity contribution in [3.8, 4) is 6.07 Å². The fourth-order valence-electron chi connectivity index (χ4n) is 3.80. The topological polar surface area (TPSA) is 179 Å². The number of fused-ring (bicyclic) bond motifs is 1. The number of esters is 1. The van der Waals surface area contributed by atoms with Gasteiger partial charge in [0.15, 0.2) is 11.9 Å². The average molecular weight is 477 g/mol.